The third-order valence-corrected chi connectivity index (χ3v) is 22.4. The number of aromatic nitrogens is 5. The smallest absolute Gasteiger partial charge is 0.410 e. The van der Waals surface area contributed by atoms with Crippen LogP contribution in [0.15, 0.2) is 157 Å². The van der Waals surface area contributed by atoms with Crippen LogP contribution < -0.4 is 27.8 Å². The molecule has 15 rings (SSSR count). The number of carboxylic acids is 1. The Balaban J connectivity index is 0.000000189. The van der Waals surface area contributed by atoms with Gasteiger partial charge in [0.1, 0.15) is 56.6 Å². The number of hydrogen-bond donors (Lipinski definition) is 6. The van der Waals surface area contributed by atoms with Gasteiger partial charge in [0.2, 0.25) is 0 Å². The van der Waals surface area contributed by atoms with Gasteiger partial charge in [0.05, 0.1) is 52.4 Å². The number of nitrogens with one attached hydrogen (secondary N) is 2. The first-order chi connectivity index (χ1) is 62.2. The van der Waals surface area contributed by atoms with Crippen molar-refractivity contribution in [3.63, 3.8) is 0 Å². The second-order valence-electron chi connectivity index (χ2n) is 37.1. The van der Waals surface area contributed by atoms with Crippen LogP contribution in [0.5, 0.6) is 0 Å². The van der Waals surface area contributed by atoms with Gasteiger partial charge >= 0.3 is 30.3 Å². The number of aliphatic carboxylic acids is 1. The van der Waals surface area contributed by atoms with E-state index in [9.17, 15) is 28.8 Å². The number of nitriles is 5. The number of carbonyl (C=O) groups excluding carboxylic acids is 5. The first-order valence-corrected chi connectivity index (χ1v) is 44.8. The molecule has 696 valence electrons. The predicted octanol–water partition coefficient (Wildman–Crippen LogP) is 18.7. The van der Waals surface area contributed by atoms with E-state index in [2.05, 4.69) is 95.8 Å². The molecule has 0 radical (unpaired) electrons. The Morgan fingerprint density at radius 2 is 0.742 bits per heavy atom. The summed E-state index contributed by atoms with van der Waals surface area (Å²) in [4.78, 5) is 98.1. The number of carboxylic acid groups (broad SMARTS) is 1. The molecule has 5 fully saturated rings. The maximum Gasteiger partial charge on any atom is 0.410 e. The predicted molar refractivity (Wildman–Crippen MR) is 516 cm³/mol. The number of nitrogens with two attached hydrogens (primary N) is 3. The molecule has 8 atom stereocenters. The minimum Gasteiger partial charge on any atom is -0.481 e. The van der Waals surface area contributed by atoms with Crippen molar-refractivity contribution in [2.24, 2.45) is 35.3 Å². The van der Waals surface area contributed by atoms with Crippen molar-refractivity contribution >= 4 is 141 Å². The van der Waals surface area contributed by atoms with Crippen LogP contribution in [0.3, 0.4) is 0 Å². The molecule has 31 nitrogen and oxygen atoms in total. The van der Waals surface area contributed by atoms with E-state index in [0.717, 1.165) is 122 Å². The molecule has 10 heterocycles. The summed E-state index contributed by atoms with van der Waals surface area (Å²) in [7, 11) is 0. The van der Waals surface area contributed by atoms with Gasteiger partial charge in [-0.05, 0) is 279 Å². The number of halogens is 2. The maximum atomic E-state index is 12.2. The number of likely N-dealkylation sites (tertiary alicyclic amines) is 5. The summed E-state index contributed by atoms with van der Waals surface area (Å²) in [5.41, 5.74) is 17.6. The molecule has 0 saturated carbocycles. The molecule has 10 aromatic rings. The van der Waals surface area contributed by atoms with Gasteiger partial charge in [-0.15, -0.1) is 0 Å². The van der Waals surface area contributed by atoms with E-state index >= 15 is 0 Å². The summed E-state index contributed by atoms with van der Waals surface area (Å²) in [6.07, 6.45) is 14.0. The number of nitrogen functional groups attached to an aromatic ring is 2. The third kappa shape index (κ3) is 33.5. The number of carbonyl (C=O) groups is 6. The van der Waals surface area contributed by atoms with E-state index in [1.807, 2.05) is 154 Å². The Labute approximate surface area is 785 Å². The molecule has 5 saturated heterocycles. The Hall–Kier alpha value is -13.5. The lowest BCUT2D eigenvalue weighted by molar-refractivity contribution is -0.141. The Bertz CT molecular complexity index is 5750. The van der Waals surface area contributed by atoms with Crippen molar-refractivity contribution < 1.29 is 52.8 Å². The fourth-order valence-electron chi connectivity index (χ4n) is 14.5. The van der Waals surface area contributed by atoms with Crippen molar-refractivity contribution in [1.29, 1.82) is 26.3 Å². The molecule has 4 amide bonds. The zero-order valence-electron chi connectivity index (χ0n) is 77.9. The third-order valence-electron chi connectivity index (χ3n) is 21.7. The molecular formula is C99H120BrClN20O11. The van der Waals surface area contributed by atoms with Crippen LogP contribution in [0.4, 0.5) is 42.4 Å². The van der Waals surface area contributed by atoms with Gasteiger partial charge in [0, 0.05) is 152 Å². The molecular weight excluding hydrogens is 1760 g/mol. The number of fused-ring (bicyclic) bond motifs is 5. The molecule has 8 unspecified atom stereocenters. The number of Topliss-reactive ketones (excluding diaryl/α,β-unsaturated/α-hetero) is 1. The molecule has 5 aromatic carbocycles. The second-order valence-corrected chi connectivity index (χ2v) is 38.4. The first-order valence-electron chi connectivity index (χ1n) is 43.7. The fraction of sp³-hybridized carbons (Fsp3) is 0.434. The minimum atomic E-state index is -0.846. The number of hydrogen-bond acceptors (Lipinski definition) is 26. The average Bonchev–Trinajstić information content (AvgIpc) is 1.37. The lowest BCUT2D eigenvalue weighted by Gasteiger charge is -2.25. The Morgan fingerprint density at radius 3 is 1.09 bits per heavy atom. The highest BCUT2D eigenvalue weighted by atomic mass is 79.9. The zero-order valence-corrected chi connectivity index (χ0v) is 80.2. The number of benzene rings is 5. The minimum absolute atomic E-state index is 0.00230. The van der Waals surface area contributed by atoms with Crippen LogP contribution in [0.1, 0.15) is 165 Å². The highest BCUT2D eigenvalue weighted by Gasteiger charge is 2.37. The molecule has 0 aliphatic carbocycles. The summed E-state index contributed by atoms with van der Waals surface area (Å²) in [5.74, 6) is 2.67. The van der Waals surface area contributed by atoms with Crippen LogP contribution >= 0.6 is 27.5 Å². The number of ketones is 1. The van der Waals surface area contributed by atoms with Gasteiger partial charge in [-0.2, -0.15) is 26.3 Å². The standard InChI is InChI=1S/C21H26N4O2.C17H17N5.C11H22N2O2.C11H19NO3.C10H5ClN2.C10H7N3.C10H17NO4.C9H7BrN2/c1-14(17-7-8-25(13-17)20(26)27-21(2,3)4)24-19-10-18-9-15(11-22)5-6-16(18)12-23-19;1-12(15-4-5-22(10-15)11-19)21-17-7-16-6-13(8-18)2-3-14(16)9-20-17;1-8(12)9-5-6-13(7-9)10(14)15-11(2,3)4;1-8(13)9-5-6-12(7-9)10(14)15-11(2,3)4;11-10-4-9-3-7(5-12)1-2-8(9)6-13-10;11-5-7-1-2-8-6-13-10(12)4-9(8)3-7;1-10(2,3)15-9(14)11-5-4-7(6-11)8(12)13;10-8-2-1-6-5-12-9(11)4-7(6)3-8/h5-6,9-10,12,14,17H,7-8,13H2,1-4H3,(H,23,24);2-3,6-7,9,12,15H,4-5,10H2,1H3,(H,20,21);8-9H,5-7,12H2,1-4H3;9H,5-7H2,1-4H3;1-4,6H;1-4,6H,(H2,12,13);7H,4-6H2,1-3H3,(H,12,13);1-5H,(H2,11,12). The van der Waals surface area contributed by atoms with E-state index < -0.39 is 40.4 Å². The largest absolute Gasteiger partial charge is 0.481 e. The number of pyridine rings is 5. The van der Waals surface area contributed by atoms with Crippen LogP contribution in [0, 0.1) is 86.4 Å². The number of amides is 4. The molecule has 33 heteroatoms. The molecule has 5 aliphatic rings. The van der Waals surface area contributed by atoms with Gasteiger partial charge < -0.3 is 76.4 Å². The highest BCUT2D eigenvalue weighted by Crippen LogP contribution is 2.31. The number of rotatable bonds is 9. The monoisotopic (exact) mass is 1880 g/mol. The van der Waals surface area contributed by atoms with Crippen molar-refractivity contribution in [3.8, 4) is 30.5 Å². The van der Waals surface area contributed by atoms with Crippen LogP contribution in [-0.2, 0) is 28.5 Å². The lowest BCUT2D eigenvalue weighted by atomic mass is 10.0. The molecule has 5 aromatic heterocycles. The zero-order chi connectivity index (χ0) is 97.1. The van der Waals surface area contributed by atoms with Crippen molar-refractivity contribution in [1.82, 2.24) is 49.4 Å². The summed E-state index contributed by atoms with van der Waals surface area (Å²) in [5, 5.41) is 70.5. The van der Waals surface area contributed by atoms with E-state index in [4.69, 9.17) is 79.2 Å². The van der Waals surface area contributed by atoms with Crippen LogP contribution in [0.2, 0.25) is 5.15 Å². The van der Waals surface area contributed by atoms with E-state index in [-0.39, 0.29) is 54.7 Å². The second kappa shape index (κ2) is 47.4. The fourth-order valence-corrected chi connectivity index (χ4v) is 15.1. The average molecular weight is 1880 g/mol. The van der Waals surface area contributed by atoms with E-state index in [1.54, 1.807) is 114 Å². The highest BCUT2D eigenvalue weighted by molar-refractivity contribution is 9.10. The van der Waals surface area contributed by atoms with Gasteiger partial charge in [-0.1, -0.05) is 57.9 Å². The van der Waals surface area contributed by atoms with Crippen molar-refractivity contribution in [2.45, 2.75) is 183 Å². The molecule has 0 spiro atoms. The normalized spacial score (nSPS) is 17.3. The van der Waals surface area contributed by atoms with Crippen molar-refractivity contribution in [3.05, 3.63) is 184 Å². The number of nitrogens with zero attached hydrogens (tertiary/aromatic N) is 15. The number of anilines is 4. The number of ether oxygens (including phenoxy) is 4. The van der Waals surface area contributed by atoms with Gasteiger partial charge in [-0.25, -0.2) is 44.1 Å². The van der Waals surface area contributed by atoms with Crippen LogP contribution in [0.25, 0.3) is 53.9 Å². The topological polar surface area (TPSA) is 461 Å². The molecule has 132 heavy (non-hydrogen) atoms. The molecule has 0 bridgehead atoms. The van der Waals surface area contributed by atoms with Crippen molar-refractivity contribution in [2.75, 3.05) is 87.5 Å². The molecule has 5 aliphatic heterocycles. The van der Waals surface area contributed by atoms with Gasteiger partial charge in [0.25, 0.3) is 0 Å². The summed E-state index contributed by atoms with van der Waals surface area (Å²) >= 11 is 9.12. The summed E-state index contributed by atoms with van der Waals surface area (Å²) < 4.78 is 22.2. The molecule has 9 N–H and O–H groups in total. The van der Waals surface area contributed by atoms with E-state index in [1.165, 1.54) is 4.90 Å². The van der Waals surface area contributed by atoms with Crippen LogP contribution in [-0.4, -0.2) is 197 Å². The summed E-state index contributed by atoms with van der Waals surface area (Å²) in [6.45, 7) is 36.3. The first kappa shape index (κ1) is 104. The quantitative estimate of drug-likeness (QED) is 0.0444. The Kier molecular flexibility index (Phi) is 37.3. The van der Waals surface area contributed by atoms with E-state index in [0.29, 0.717) is 95.9 Å². The SMILES string of the molecule is CC(=O)C1CCN(C(=O)OC(C)(C)C)C1.CC(C)(C)OC(=O)N1CCC(C(=O)O)C1.CC(N)C1CCN(C(=O)OC(C)(C)C)C1.CC(Nc1cc2cc(C#N)ccc2cn1)C1CCN(C#N)C1.CC(Nc1cc2cc(C#N)ccc2cn1)C1CCN(C(=O)OC(C)(C)C)C1.N#Cc1ccc2cnc(Cl)cc2c1.N#Cc1ccc2cnc(N)cc2c1.Nc1cc2cc(Br)ccc2cn1. The lowest BCUT2D eigenvalue weighted by Crippen LogP contribution is -2.37. The van der Waals surface area contributed by atoms with Gasteiger partial charge in [-0.3, -0.25) is 9.59 Å². The van der Waals surface area contributed by atoms with Gasteiger partial charge in [0.15, 0.2) is 6.19 Å². The Morgan fingerprint density at radius 1 is 0.424 bits per heavy atom. The summed E-state index contributed by atoms with van der Waals surface area (Å²) in [6, 6.07) is 46.4. The maximum absolute atomic E-state index is 12.2.